The van der Waals surface area contributed by atoms with Gasteiger partial charge >= 0.3 is 0 Å². The number of hydrogen-bond acceptors (Lipinski definition) is 3. The lowest BCUT2D eigenvalue weighted by atomic mass is 10.1. The smallest absolute Gasteiger partial charge is 0.253 e. The van der Waals surface area contributed by atoms with E-state index in [9.17, 15) is 4.79 Å². The number of amides is 1. The Hall–Kier alpha value is -1.55. The Labute approximate surface area is 122 Å². The Morgan fingerprint density at radius 3 is 2.40 bits per heavy atom. The SMILES string of the molecule is Cc1ccc(C(=O)N(C)C)cc1NCCNC(C)(C)C. The number of hydrogen-bond donors (Lipinski definition) is 2. The number of rotatable bonds is 5. The standard InChI is InChI=1S/C16H27N3O/c1-12-7-8-13(15(20)19(5)6)11-14(12)17-9-10-18-16(2,3)4/h7-8,11,17-18H,9-10H2,1-6H3. The molecule has 0 aliphatic heterocycles. The number of nitrogens with one attached hydrogen (secondary N) is 2. The molecule has 1 amide bonds. The number of benzene rings is 1. The van der Waals surface area contributed by atoms with Crippen molar-refractivity contribution in [2.75, 3.05) is 32.5 Å². The molecule has 0 aliphatic carbocycles. The van der Waals surface area contributed by atoms with Gasteiger partial charge in [0.25, 0.3) is 5.91 Å². The monoisotopic (exact) mass is 277 g/mol. The van der Waals surface area contributed by atoms with Crippen molar-refractivity contribution < 1.29 is 4.79 Å². The first-order chi connectivity index (χ1) is 9.20. The second-order valence-corrected chi connectivity index (χ2v) is 6.33. The topological polar surface area (TPSA) is 44.4 Å². The van der Waals surface area contributed by atoms with E-state index in [1.54, 1.807) is 19.0 Å². The van der Waals surface area contributed by atoms with Crippen LogP contribution in [0.4, 0.5) is 5.69 Å². The van der Waals surface area contributed by atoms with Crippen molar-refractivity contribution in [2.24, 2.45) is 0 Å². The van der Waals surface area contributed by atoms with Crippen LogP contribution in [0, 0.1) is 6.92 Å². The van der Waals surface area contributed by atoms with Gasteiger partial charge in [0.2, 0.25) is 0 Å². The van der Waals surface area contributed by atoms with Gasteiger partial charge in [-0.15, -0.1) is 0 Å². The maximum absolute atomic E-state index is 12.0. The predicted molar refractivity (Wildman–Crippen MR) is 85.4 cm³/mol. The molecule has 0 saturated heterocycles. The maximum Gasteiger partial charge on any atom is 0.253 e. The molecule has 0 radical (unpaired) electrons. The molecule has 0 aliphatic rings. The summed E-state index contributed by atoms with van der Waals surface area (Å²) in [6.45, 7) is 10.2. The molecule has 0 unspecified atom stereocenters. The van der Waals surface area contributed by atoms with Gasteiger partial charge in [-0.05, 0) is 45.4 Å². The third-order valence-electron chi connectivity index (χ3n) is 2.99. The molecule has 20 heavy (non-hydrogen) atoms. The molecule has 0 atom stereocenters. The van der Waals surface area contributed by atoms with Crippen LogP contribution in [0.3, 0.4) is 0 Å². The molecule has 1 aromatic rings. The van der Waals surface area contributed by atoms with Crippen molar-refractivity contribution in [3.05, 3.63) is 29.3 Å². The van der Waals surface area contributed by atoms with E-state index in [1.807, 2.05) is 25.1 Å². The highest BCUT2D eigenvalue weighted by molar-refractivity contribution is 5.95. The zero-order chi connectivity index (χ0) is 15.3. The largest absolute Gasteiger partial charge is 0.384 e. The minimum absolute atomic E-state index is 0.0286. The molecule has 1 aromatic carbocycles. The lowest BCUT2D eigenvalue weighted by Crippen LogP contribution is -2.38. The van der Waals surface area contributed by atoms with Gasteiger partial charge in [0, 0.05) is 44.0 Å². The van der Waals surface area contributed by atoms with Crippen molar-refractivity contribution in [3.63, 3.8) is 0 Å². The lowest BCUT2D eigenvalue weighted by Gasteiger charge is -2.21. The molecule has 4 heteroatoms. The normalized spacial score (nSPS) is 11.3. The summed E-state index contributed by atoms with van der Waals surface area (Å²) in [5, 5.41) is 6.82. The van der Waals surface area contributed by atoms with E-state index >= 15 is 0 Å². The fraction of sp³-hybridized carbons (Fsp3) is 0.562. The average molecular weight is 277 g/mol. The number of carbonyl (C=O) groups is 1. The minimum atomic E-state index is 0.0286. The van der Waals surface area contributed by atoms with E-state index in [1.165, 1.54) is 0 Å². The third-order valence-corrected chi connectivity index (χ3v) is 2.99. The van der Waals surface area contributed by atoms with Crippen LogP contribution < -0.4 is 10.6 Å². The molecule has 0 saturated carbocycles. The van der Waals surface area contributed by atoms with Gasteiger partial charge in [0.05, 0.1) is 0 Å². The summed E-state index contributed by atoms with van der Waals surface area (Å²) in [5.41, 5.74) is 3.01. The molecule has 4 nitrogen and oxygen atoms in total. The Morgan fingerprint density at radius 2 is 1.85 bits per heavy atom. The number of aryl methyl sites for hydroxylation is 1. The minimum Gasteiger partial charge on any atom is -0.384 e. The average Bonchev–Trinajstić information content (AvgIpc) is 2.34. The van der Waals surface area contributed by atoms with Crippen LogP contribution in [-0.4, -0.2) is 43.5 Å². The molecule has 0 bridgehead atoms. The van der Waals surface area contributed by atoms with Gasteiger partial charge in [-0.3, -0.25) is 4.79 Å². The van der Waals surface area contributed by atoms with Crippen LogP contribution in [0.5, 0.6) is 0 Å². The Kier molecular flexibility index (Phi) is 5.57. The Balaban J connectivity index is 2.65. The van der Waals surface area contributed by atoms with Crippen molar-refractivity contribution in [2.45, 2.75) is 33.2 Å². The summed E-state index contributed by atoms with van der Waals surface area (Å²) in [6, 6.07) is 5.78. The summed E-state index contributed by atoms with van der Waals surface area (Å²) in [7, 11) is 3.53. The van der Waals surface area contributed by atoms with E-state index in [4.69, 9.17) is 0 Å². The van der Waals surface area contributed by atoms with Crippen LogP contribution in [0.25, 0.3) is 0 Å². The lowest BCUT2D eigenvalue weighted by molar-refractivity contribution is 0.0827. The highest BCUT2D eigenvalue weighted by Gasteiger charge is 2.10. The second-order valence-electron chi connectivity index (χ2n) is 6.33. The summed E-state index contributed by atoms with van der Waals surface area (Å²) in [6.07, 6.45) is 0. The summed E-state index contributed by atoms with van der Waals surface area (Å²) in [5.74, 6) is 0.0286. The molecule has 1 rings (SSSR count). The highest BCUT2D eigenvalue weighted by Crippen LogP contribution is 2.17. The van der Waals surface area contributed by atoms with Crippen LogP contribution in [0.2, 0.25) is 0 Å². The van der Waals surface area contributed by atoms with E-state index in [-0.39, 0.29) is 11.4 Å². The van der Waals surface area contributed by atoms with Crippen molar-refractivity contribution in [1.29, 1.82) is 0 Å². The zero-order valence-electron chi connectivity index (χ0n) is 13.5. The van der Waals surface area contributed by atoms with Crippen molar-refractivity contribution in [1.82, 2.24) is 10.2 Å². The van der Waals surface area contributed by atoms with E-state index < -0.39 is 0 Å². The second kappa shape index (κ2) is 6.75. The van der Waals surface area contributed by atoms with Gasteiger partial charge in [-0.2, -0.15) is 0 Å². The highest BCUT2D eigenvalue weighted by atomic mass is 16.2. The molecular formula is C16H27N3O. The number of anilines is 1. The molecular weight excluding hydrogens is 250 g/mol. The Bertz CT molecular complexity index is 461. The summed E-state index contributed by atoms with van der Waals surface area (Å²) in [4.78, 5) is 13.5. The van der Waals surface area contributed by atoms with Gasteiger partial charge < -0.3 is 15.5 Å². The molecule has 0 aromatic heterocycles. The van der Waals surface area contributed by atoms with Crippen LogP contribution in [-0.2, 0) is 0 Å². The van der Waals surface area contributed by atoms with Crippen molar-refractivity contribution in [3.8, 4) is 0 Å². The predicted octanol–water partition coefficient (Wildman–Crippen LogP) is 2.50. The Morgan fingerprint density at radius 1 is 1.20 bits per heavy atom. The molecule has 0 spiro atoms. The van der Waals surface area contributed by atoms with Crippen LogP contribution in [0.15, 0.2) is 18.2 Å². The number of carbonyl (C=O) groups excluding carboxylic acids is 1. The van der Waals surface area contributed by atoms with E-state index in [0.29, 0.717) is 5.56 Å². The fourth-order valence-electron chi connectivity index (χ4n) is 1.84. The zero-order valence-corrected chi connectivity index (χ0v) is 13.5. The van der Waals surface area contributed by atoms with E-state index in [0.717, 1.165) is 24.3 Å². The molecule has 2 N–H and O–H groups in total. The first-order valence-electron chi connectivity index (χ1n) is 7.02. The van der Waals surface area contributed by atoms with Crippen molar-refractivity contribution >= 4 is 11.6 Å². The quantitative estimate of drug-likeness (QED) is 0.813. The summed E-state index contributed by atoms with van der Waals surface area (Å²) < 4.78 is 0. The number of nitrogens with zero attached hydrogens (tertiary/aromatic N) is 1. The molecule has 0 heterocycles. The van der Waals surface area contributed by atoms with Gasteiger partial charge in [0.15, 0.2) is 0 Å². The first-order valence-corrected chi connectivity index (χ1v) is 7.02. The maximum atomic E-state index is 12.0. The van der Waals surface area contributed by atoms with Gasteiger partial charge in [0.1, 0.15) is 0 Å². The fourth-order valence-corrected chi connectivity index (χ4v) is 1.84. The van der Waals surface area contributed by atoms with Crippen LogP contribution >= 0.6 is 0 Å². The van der Waals surface area contributed by atoms with Gasteiger partial charge in [-0.1, -0.05) is 6.07 Å². The molecule has 112 valence electrons. The first kappa shape index (κ1) is 16.5. The van der Waals surface area contributed by atoms with Gasteiger partial charge in [-0.25, -0.2) is 0 Å². The summed E-state index contributed by atoms with van der Waals surface area (Å²) >= 11 is 0. The van der Waals surface area contributed by atoms with E-state index in [2.05, 4.69) is 31.4 Å². The third kappa shape index (κ3) is 5.21. The molecule has 0 fully saturated rings. The van der Waals surface area contributed by atoms with Crippen LogP contribution in [0.1, 0.15) is 36.7 Å².